The van der Waals surface area contributed by atoms with Crippen LogP contribution in [0.5, 0.6) is 0 Å². The average Bonchev–Trinajstić information content (AvgIpc) is 3.21. The molecule has 2 aliphatic rings. The van der Waals surface area contributed by atoms with E-state index in [1.165, 1.54) is 30.2 Å². The number of hydrogen-bond donors (Lipinski definition) is 1. The number of piperidine rings is 2. The molecule has 4 rings (SSSR count). The first-order chi connectivity index (χ1) is 15.3. The molecule has 174 valence electrons. The van der Waals surface area contributed by atoms with Gasteiger partial charge in [0, 0.05) is 37.1 Å². The molecule has 32 heavy (non-hydrogen) atoms. The minimum absolute atomic E-state index is 0.0438. The number of alkyl halides is 3. The van der Waals surface area contributed by atoms with Crippen LogP contribution in [0.3, 0.4) is 0 Å². The molecule has 2 aliphatic heterocycles. The van der Waals surface area contributed by atoms with Crippen molar-refractivity contribution in [2.75, 3.05) is 36.4 Å². The normalized spacial score (nSPS) is 19.3. The summed E-state index contributed by atoms with van der Waals surface area (Å²) < 4.78 is 38.1. The fourth-order valence-corrected chi connectivity index (χ4v) is 4.91. The number of pyridine rings is 1. The van der Waals surface area contributed by atoms with Crippen LogP contribution in [0.2, 0.25) is 0 Å². The van der Waals surface area contributed by atoms with Crippen molar-refractivity contribution in [1.29, 1.82) is 0 Å². The van der Waals surface area contributed by atoms with E-state index in [0.29, 0.717) is 36.9 Å². The third-order valence-corrected chi connectivity index (χ3v) is 7.12. The molecule has 1 N–H and O–H groups in total. The largest absolute Gasteiger partial charge is 0.417 e. The van der Waals surface area contributed by atoms with Crippen molar-refractivity contribution >= 4 is 28.2 Å². The van der Waals surface area contributed by atoms with Crippen LogP contribution in [0.4, 0.5) is 24.1 Å². The minimum atomic E-state index is -4.39. The zero-order chi connectivity index (χ0) is 22.7. The van der Waals surface area contributed by atoms with Crippen LogP contribution in [0.25, 0.3) is 0 Å². The molecule has 2 aromatic heterocycles. The second-order valence-corrected chi connectivity index (χ2v) is 9.61. The average molecular weight is 468 g/mol. The quantitative estimate of drug-likeness (QED) is 0.694. The van der Waals surface area contributed by atoms with Gasteiger partial charge in [0.05, 0.1) is 11.3 Å². The molecule has 0 atom stereocenters. The topological polar surface area (TPSA) is 61.4 Å². The van der Waals surface area contributed by atoms with Crippen molar-refractivity contribution in [2.45, 2.75) is 45.3 Å². The van der Waals surface area contributed by atoms with Crippen molar-refractivity contribution in [1.82, 2.24) is 14.9 Å². The molecule has 0 radical (unpaired) electrons. The summed E-state index contributed by atoms with van der Waals surface area (Å²) in [5.41, 5.74) is 0.233. The molecule has 2 fully saturated rings. The Morgan fingerprint density at radius 3 is 2.50 bits per heavy atom. The van der Waals surface area contributed by atoms with Gasteiger partial charge in [0.25, 0.3) is 0 Å². The Kier molecular flexibility index (Phi) is 6.99. The van der Waals surface area contributed by atoms with Gasteiger partial charge in [-0.1, -0.05) is 6.92 Å². The van der Waals surface area contributed by atoms with Crippen LogP contribution < -0.4 is 10.2 Å². The van der Waals surface area contributed by atoms with Crippen molar-refractivity contribution < 1.29 is 18.0 Å². The molecule has 6 nitrogen and oxygen atoms in total. The Labute approximate surface area is 189 Å². The number of rotatable bonds is 5. The van der Waals surface area contributed by atoms with Crippen molar-refractivity contribution in [3.63, 3.8) is 0 Å². The molecule has 4 heterocycles. The third kappa shape index (κ3) is 5.78. The molecule has 0 aromatic carbocycles. The van der Waals surface area contributed by atoms with E-state index in [1.807, 2.05) is 10.3 Å². The Morgan fingerprint density at radius 2 is 1.88 bits per heavy atom. The predicted molar refractivity (Wildman–Crippen MR) is 119 cm³/mol. The highest BCUT2D eigenvalue weighted by molar-refractivity contribution is 7.13. The van der Waals surface area contributed by atoms with Crippen LogP contribution in [-0.2, 0) is 17.5 Å². The van der Waals surface area contributed by atoms with Gasteiger partial charge in [0.2, 0.25) is 5.91 Å². The molecule has 0 bridgehead atoms. The maximum Gasteiger partial charge on any atom is 0.417 e. The molecular weight excluding hydrogens is 439 g/mol. The molecule has 0 unspecified atom stereocenters. The van der Waals surface area contributed by atoms with Crippen LogP contribution in [0.1, 0.15) is 43.9 Å². The fraction of sp³-hybridized carbons (Fsp3) is 0.591. The summed E-state index contributed by atoms with van der Waals surface area (Å²) in [7, 11) is 0. The Morgan fingerprint density at radius 1 is 1.16 bits per heavy atom. The number of nitrogens with one attached hydrogen (secondary N) is 1. The highest BCUT2D eigenvalue weighted by Crippen LogP contribution is 2.30. The molecule has 1 amide bonds. The number of carbonyl (C=O) groups excluding carboxylic acids is 1. The summed E-state index contributed by atoms with van der Waals surface area (Å²) in [6.07, 6.45) is 0.150. The first-order valence-corrected chi connectivity index (χ1v) is 11.9. The maximum absolute atomic E-state index is 12.7. The summed E-state index contributed by atoms with van der Waals surface area (Å²) >= 11 is 1.45. The van der Waals surface area contributed by atoms with Crippen molar-refractivity contribution in [3.8, 4) is 0 Å². The third-order valence-electron chi connectivity index (χ3n) is 6.31. The van der Waals surface area contributed by atoms with Gasteiger partial charge in [-0.25, -0.2) is 9.97 Å². The van der Waals surface area contributed by atoms with Gasteiger partial charge in [-0.15, -0.1) is 11.3 Å². The maximum atomic E-state index is 12.7. The van der Waals surface area contributed by atoms with Gasteiger partial charge in [-0.2, -0.15) is 13.2 Å². The highest BCUT2D eigenvalue weighted by Gasteiger charge is 2.31. The second-order valence-electron chi connectivity index (χ2n) is 8.76. The monoisotopic (exact) mass is 467 g/mol. The van der Waals surface area contributed by atoms with Crippen LogP contribution >= 0.6 is 11.3 Å². The first kappa shape index (κ1) is 23.0. The minimum Gasteiger partial charge on any atom is -0.357 e. The number of hydrogen-bond acceptors (Lipinski definition) is 6. The van der Waals surface area contributed by atoms with E-state index < -0.39 is 11.7 Å². The van der Waals surface area contributed by atoms with Gasteiger partial charge >= 0.3 is 6.18 Å². The predicted octanol–water partition coefficient (Wildman–Crippen LogP) is 4.64. The van der Waals surface area contributed by atoms with Crippen molar-refractivity contribution in [3.05, 3.63) is 35.0 Å². The van der Waals surface area contributed by atoms with Crippen molar-refractivity contribution in [2.24, 2.45) is 11.8 Å². The summed E-state index contributed by atoms with van der Waals surface area (Å²) in [5, 5.41) is 5.58. The van der Waals surface area contributed by atoms with E-state index >= 15 is 0 Å². The first-order valence-electron chi connectivity index (χ1n) is 11.0. The Bertz CT molecular complexity index is 901. The molecule has 0 spiro atoms. The summed E-state index contributed by atoms with van der Waals surface area (Å²) in [6, 6.07) is 2.44. The SMILES string of the molecule is CC1CCN(Cc2csc(NC(=O)C3CCN(c4ccc(C(F)(F)F)cn4)CC3)n2)CC1. The summed E-state index contributed by atoms with van der Waals surface area (Å²) in [5.74, 6) is 1.11. The number of aromatic nitrogens is 2. The van der Waals surface area contributed by atoms with E-state index in [4.69, 9.17) is 0 Å². The van der Waals surface area contributed by atoms with Gasteiger partial charge in [0.1, 0.15) is 5.82 Å². The standard InChI is InChI=1S/C22H28F3N5OS/c1-15-4-8-29(9-5-15)13-18-14-32-21(27-18)28-20(31)16-6-10-30(11-7-16)19-3-2-17(12-26-19)22(23,24)25/h2-3,12,14-16H,4-11,13H2,1H3,(H,27,28,31). The molecule has 0 aliphatic carbocycles. The van der Waals surface area contributed by atoms with E-state index in [-0.39, 0.29) is 11.8 Å². The summed E-state index contributed by atoms with van der Waals surface area (Å²) in [4.78, 5) is 25.6. The molecule has 10 heteroatoms. The lowest BCUT2D eigenvalue weighted by Gasteiger charge is -2.32. The number of thiazole rings is 1. The van der Waals surface area contributed by atoms with E-state index in [0.717, 1.165) is 43.5 Å². The lowest BCUT2D eigenvalue weighted by Crippen LogP contribution is -2.38. The van der Waals surface area contributed by atoms with Crippen LogP contribution in [-0.4, -0.2) is 47.0 Å². The number of amides is 1. The lowest BCUT2D eigenvalue weighted by molar-refractivity contribution is -0.137. The molecule has 2 aromatic rings. The number of anilines is 2. The van der Waals surface area contributed by atoms with Crippen LogP contribution in [0, 0.1) is 11.8 Å². The van der Waals surface area contributed by atoms with E-state index in [9.17, 15) is 18.0 Å². The fourth-order valence-electron chi connectivity index (χ4n) is 4.21. The molecule has 0 saturated carbocycles. The van der Waals surface area contributed by atoms with Gasteiger partial charge < -0.3 is 10.2 Å². The smallest absolute Gasteiger partial charge is 0.357 e. The van der Waals surface area contributed by atoms with Gasteiger partial charge in [0.15, 0.2) is 5.13 Å². The summed E-state index contributed by atoms with van der Waals surface area (Å²) in [6.45, 7) is 6.44. The number of nitrogens with zero attached hydrogens (tertiary/aromatic N) is 4. The Balaban J connectivity index is 1.25. The molecular formula is C22H28F3N5OS. The number of halogens is 3. The second kappa shape index (κ2) is 9.74. The molecule has 2 saturated heterocycles. The number of carbonyl (C=O) groups is 1. The zero-order valence-electron chi connectivity index (χ0n) is 18.1. The lowest BCUT2D eigenvalue weighted by atomic mass is 9.96. The van der Waals surface area contributed by atoms with E-state index in [2.05, 4.69) is 27.1 Å². The highest BCUT2D eigenvalue weighted by atomic mass is 32.1. The number of likely N-dealkylation sites (tertiary alicyclic amines) is 1. The van der Waals surface area contributed by atoms with Crippen LogP contribution in [0.15, 0.2) is 23.7 Å². The van der Waals surface area contributed by atoms with E-state index in [1.54, 1.807) is 0 Å². The zero-order valence-corrected chi connectivity index (χ0v) is 18.9. The Hall–Kier alpha value is -2.20. The van der Waals surface area contributed by atoms with Gasteiger partial charge in [-0.05, 0) is 56.8 Å². The van der Waals surface area contributed by atoms with Gasteiger partial charge in [-0.3, -0.25) is 9.69 Å².